The predicted molar refractivity (Wildman–Crippen MR) is 81.8 cm³/mol. The first-order chi connectivity index (χ1) is 10.2. The number of nitrogens with one attached hydrogen (secondary N) is 2. The van der Waals surface area contributed by atoms with Crippen LogP contribution in [0, 0.1) is 0 Å². The standard InChI is InChI=1S/C15H19N3O3/c1-3-8-16-15(20)17-11-6-7-13(21-2)12(10-11)18-9-4-5-14(18)19/h3,6-7,10H,1,4-5,8-9H2,2H3,(H2,16,17,20). The Morgan fingerprint density at radius 3 is 2.95 bits per heavy atom. The van der Waals surface area contributed by atoms with Crippen molar-refractivity contribution in [1.29, 1.82) is 0 Å². The molecular formula is C15H19N3O3. The van der Waals surface area contributed by atoms with E-state index in [0.717, 1.165) is 6.42 Å². The Bertz CT molecular complexity index is 557. The van der Waals surface area contributed by atoms with Crippen LogP contribution in [-0.2, 0) is 4.79 Å². The molecule has 1 fully saturated rings. The lowest BCUT2D eigenvalue weighted by Crippen LogP contribution is -2.29. The van der Waals surface area contributed by atoms with Crippen molar-refractivity contribution in [2.45, 2.75) is 12.8 Å². The summed E-state index contributed by atoms with van der Waals surface area (Å²) in [6, 6.07) is 4.90. The zero-order valence-corrected chi connectivity index (χ0v) is 12.0. The Kier molecular flexibility index (Phi) is 4.81. The molecule has 0 bridgehead atoms. The molecule has 0 saturated carbocycles. The summed E-state index contributed by atoms with van der Waals surface area (Å²) < 4.78 is 5.30. The molecule has 0 spiro atoms. The van der Waals surface area contributed by atoms with E-state index >= 15 is 0 Å². The number of anilines is 2. The fourth-order valence-corrected chi connectivity index (χ4v) is 2.22. The molecule has 6 nitrogen and oxygen atoms in total. The van der Waals surface area contributed by atoms with Gasteiger partial charge in [0.05, 0.1) is 12.8 Å². The van der Waals surface area contributed by atoms with Gasteiger partial charge in [0, 0.05) is 25.2 Å². The Morgan fingerprint density at radius 1 is 1.52 bits per heavy atom. The zero-order chi connectivity index (χ0) is 15.2. The van der Waals surface area contributed by atoms with Gasteiger partial charge in [0.1, 0.15) is 5.75 Å². The number of ether oxygens (including phenoxy) is 1. The lowest BCUT2D eigenvalue weighted by Gasteiger charge is -2.20. The predicted octanol–water partition coefficient (Wildman–Crippen LogP) is 2.13. The zero-order valence-electron chi connectivity index (χ0n) is 12.0. The number of carbonyl (C=O) groups excluding carboxylic acids is 2. The summed E-state index contributed by atoms with van der Waals surface area (Å²) in [4.78, 5) is 25.2. The second-order valence-corrected chi connectivity index (χ2v) is 4.66. The van der Waals surface area contributed by atoms with Gasteiger partial charge in [-0.1, -0.05) is 6.08 Å². The summed E-state index contributed by atoms with van der Waals surface area (Å²) in [6.45, 7) is 4.59. The summed E-state index contributed by atoms with van der Waals surface area (Å²) in [6.07, 6.45) is 2.97. The molecule has 1 heterocycles. The highest BCUT2D eigenvalue weighted by molar-refractivity contribution is 5.98. The third kappa shape index (κ3) is 3.53. The third-order valence-electron chi connectivity index (χ3n) is 3.21. The molecule has 1 aliphatic rings. The van der Waals surface area contributed by atoms with Gasteiger partial charge in [-0.3, -0.25) is 4.79 Å². The van der Waals surface area contributed by atoms with Crippen molar-refractivity contribution in [2.24, 2.45) is 0 Å². The topological polar surface area (TPSA) is 70.7 Å². The largest absolute Gasteiger partial charge is 0.495 e. The Hall–Kier alpha value is -2.50. The first-order valence-corrected chi connectivity index (χ1v) is 6.80. The van der Waals surface area contributed by atoms with Gasteiger partial charge in [0.2, 0.25) is 5.91 Å². The van der Waals surface area contributed by atoms with Crippen LogP contribution in [0.25, 0.3) is 0 Å². The molecular weight excluding hydrogens is 270 g/mol. The lowest BCUT2D eigenvalue weighted by atomic mass is 10.2. The minimum Gasteiger partial charge on any atom is -0.495 e. The second-order valence-electron chi connectivity index (χ2n) is 4.66. The number of rotatable bonds is 5. The molecule has 0 aromatic heterocycles. The summed E-state index contributed by atoms with van der Waals surface area (Å²) in [5, 5.41) is 5.34. The highest BCUT2D eigenvalue weighted by atomic mass is 16.5. The van der Waals surface area contributed by atoms with Gasteiger partial charge in [0.25, 0.3) is 0 Å². The average Bonchev–Trinajstić information content (AvgIpc) is 2.91. The molecule has 0 unspecified atom stereocenters. The highest BCUT2D eigenvalue weighted by Crippen LogP contribution is 2.33. The number of urea groups is 1. The molecule has 0 radical (unpaired) electrons. The van der Waals surface area contributed by atoms with Crippen molar-refractivity contribution in [3.05, 3.63) is 30.9 Å². The van der Waals surface area contributed by atoms with Crippen LogP contribution in [0.2, 0.25) is 0 Å². The van der Waals surface area contributed by atoms with Gasteiger partial charge in [-0.2, -0.15) is 0 Å². The van der Waals surface area contributed by atoms with Crippen LogP contribution in [0.15, 0.2) is 30.9 Å². The molecule has 3 amide bonds. The number of hydrogen-bond donors (Lipinski definition) is 2. The van der Waals surface area contributed by atoms with Gasteiger partial charge in [-0.25, -0.2) is 4.79 Å². The average molecular weight is 289 g/mol. The van der Waals surface area contributed by atoms with Crippen LogP contribution in [0.3, 0.4) is 0 Å². The molecule has 2 rings (SSSR count). The highest BCUT2D eigenvalue weighted by Gasteiger charge is 2.24. The Balaban J connectivity index is 2.19. The molecule has 1 aromatic carbocycles. The number of hydrogen-bond acceptors (Lipinski definition) is 3. The second kappa shape index (κ2) is 6.78. The Morgan fingerprint density at radius 2 is 2.33 bits per heavy atom. The van der Waals surface area contributed by atoms with E-state index in [-0.39, 0.29) is 11.9 Å². The van der Waals surface area contributed by atoms with E-state index in [0.29, 0.717) is 36.6 Å². The molecule has 1 saturated heterocycles. The van der Waals surface area contributed by atoms with E-state index in [1.165, 1.54) is 0 Å². The van der Waals surface area contributed by atoms with Crippen molar-refractivity contribution in [1.82, 2.24) is 5.32 Å². The van der Waals surface area contributed by atoms with Crippen LogP contribution in [0.4, 0.5) is 16.2 Å². The Labute approximate surface area is 123 Å². The molecule has 0 aliphatic carbocycles. The molecule has 21 heavy (non-hydrogen) atoms. The van der Waals surface area contributed by atoms with Crippen molar-refractivity contribution in [3.63, 3.8) is 0 Å². The fourth-order valence-electron chi connectivity index (χ4n) is 2.22. The molecule has 112 valence electrons. The van der Waals surface area contributed by atoms with Crippen molar-refractivity contribution >= 4 is 23.3 Å². The summed E-state index contributed by atoms with van der Waals surface area (Å²) in [5.41, 5.74) is 1.29. The molecule has 1 aliphatic heterocycles. The van der Waals surface area contributed by atoms with E-state index in [1.54, 1.807) is 36.3 Å². The lowest BCUT2D eigenvalue weighted by molar-refractivity contribution is -0.117. The fraction of sp³-hybridized carbons (Fsp3) is 0.333. The van der Waals surface area contributed by atoms with E-state index in [1.807, 2.05) is 0 Å². The van der Waals surface area contributed by atoms with Gasteiger partial charge in [-0.15, -0.1) is 6.58 Å². The van der Waals surface area contributed by atoms with Crippen LogP contribution < -0.4 is 20.3 Å². The number of nitrogens with zero attached hydrogens (tertiary/aromatic N) is 1. The molecule has 1 aromatic rings. The van der Waals surface area contributed by atoms with Gasteiger partial charge in [0.15, 0.2) is 0 Å². The summed E-state index contributed by atoms with van der Waals surface area (Å²) in [7, 11) is 1.56. The van der Waals surface area contributed by atoms with Crippen LogP contribution in [0.5, 0.6) is 5.75 Å². The molecule has 0 atom stereocenters. The maximum absolute atomic E-state index is 11.9. The third-order valence-corrected chi connectivity index (χ3v) is 3.21. The van der Waals surface area contributed by atoms with E-state index in [9.17, 15) is 9.59 Å². The summed E-state index contributed by atoms with van der Waals surface area (Å²) >= 11 is 0. The first kappa shape index (κ1) is 14.9. The van der Waals surface area contributed by atoms with E-state index < -0.39 is 0 Å². The minimum atomic E-state index is -0.321. The monoisotopic (exact) mass is 289 g/mol. The quantitative estimate of drug-likeness (QED) is 0.816. The smallest absolute Gasteiger partial charge is 0.319 e. The van der Waals surface area contributed by atoms with Crippen LogP contribution in [-0.4, -0.2) is 32.1 Å². The summed E-state index contributed by atoms with van der Waals surface area (Å²) in [5.74, 6) is 0.684. The van der Waals surface area contributed by atoms with Gasteiger partial charge >= 0.3 is 6.03 Å². The minimum absolute atomic E-state index is 0.0709. The maximum Gasteiger partial charge on any atom is 0.319 e. The van der Waals surface area contributed by atoms with Crippen LogP contribution >= 0.6 is 0 Å². The molecule has 6 heteroatoms. The SMILES string of the molecule is C=CCNC(=O)Nc1ccc(OC)c(N2CCCC2=O)c1. The van der Waals surface area contributed by atoms with E-state index in [2.05, 4.69) is 17.2 Å². The van der Waals surface area contributed by atoms with Crippen molar-refractivity contribution in [2.75, 3.05) is 30.4 Å². The van der Waals surface area contributed by atoms with Gasteiger partial charge < -0.3 is 20.3 Å². The molecule has 2 N–H and O–H groups in total. The van der Waals surface area contributed by atoms with Crippen molar-refractivity contribution in [3.8, 4) is 5.75 Å². The van der Waals surface area contributed by atoms with Crippen molar-refractivity contribution < 1.29 is 14.3 Å². The maximum atomic E-state index is 11.9. The number of methoxy groups -OCH3 is 1. The number of benzene rings is 1. The normalized spacial score (nSPS) is 14.0. The van der Waals surface area contributed by atoms with Gasteiger partial charge in [-0.05, 0) is 24.6 Å². The van der Waals surface area contributed by atoms with E-state index in [4.69, 9.17) is 4.74 Å². The van der Waals surface area contributed by atoms with Crippen LogP contribution in [0.1, 0.15) is 12.8 Å². The number of amides is 3. The first-order valence-electron chi connectivity index (χ1n) is 6.80. The number of carbonyl (C=O) groups is 2.